The maximum Gasteiger partial charge on any atom is 0.332 e. The average Bonchev–Trinajstić information content (AvgIpc) is 2.68. The number of nitrogens with one attached hydrogen (secondary N) is 1. The molecule has 28 heavy (non-hydrogen) atoms. The lowest BCUT2D eigenvalue weighted by Gasteiger charge is -2.26. The summed E-state index contributed by atoms with van der Waals surface area (Å²) in [4.78, 5) is 24.8. The van der Waals surface area contributed by atoms with Crippen molar-refractivity contribution in [2.24, 2.45) is 20.0 Å². The number of rotatable bonds is 8. The first-order valence-corrected chi connectivity index (χ1v) is 9.50. The van der Waals surface area contributed by atoms with Gasteiger partial charge in [0, 0.05) is 19.7 Å². The van der Waals surface area contributed by atoms with E-state index in [1.54, 1.807) is 7.05 Å². The van der Waals surface area contributed by atoms with Gasteiger partial charge in [-0.15, -0.1) is 0 Å². The molecule has 0 radical (unpaired) electrons. The molecule has 7 heteroatoms. The molecule has 1 N–H and O–H groups in total. The first-order chi connectivity index (χ1) is 13.3. The quantitative estimate of drug-likeness (QED) is 0.756. The maximum absolute atomic E-state index is 12.4. The highest BCUT2D eigenvalue weighted by Gasteiger charge is 2.22. The Bertz CT molecular complexity index is 983. The molecule has 0 unspecified atom stereocenters. The van der Waals surface area contributed by atoms with Gasteiger partial charge in [0.15, 0.2) is 5.56 Å². The summed E-state index contributed by atoms with van der Waals surface area (Å²) in [6.45, 7) is 6.83. The van der Waals surface area contributed by atoms with E-state index < -0.39 is 11.2 Å². The minimum absolute atomic E-state index is 0.0784. The smallest absolute Gasteiger partial charge is 0.332 e. The van der Waals surface area contributed by atoms with Crippen LogP contribution in [-0.4, -0.2) is 15.7 Å². The lowest BCUT2D eigenvalue weighted by atomic mass is 9.96. The van der Waals surface area contributed by atoms with Crippen molar-refractivity contribution in [1.82, 2.24) is 9.13 Å². The summed E-state index contributed by atoms with van der Waals surface area (Å²) in [6.07, 6.45) is 1.62. The summed E-state index contributed by atoms with van der Waals surface area (Å²) in [6, 6.07) is 9.44. The molecule has 0 saturated heterocycles. The number of nitrogens with zero attached hydrogens (tertiary/aromatic N) is 3. The topological polar surface area (TPSA) is 89.1 Å². The van der Waals surface area contributed by atoms with Crippen LogP contribution in [0.15, 0.2) is 33.9 Å². The Balaban J connectivity index is 2.59. The number of ether oxygens (including phenoxy) is 1. The second-order valence-electron chi connectivity index (χ2n) is 7.25. The normalized spacial score (nSPS) is 11.9. The third-order valence-electron chi connectivity index (χ3n) is 4.55. The average molecular weight is 384 g/mol. The summed E-state index contributed by atoms with van der Waals surface area (Å²) in [5.41, 5.74) is -0.232. The first kappa shape index (κ1) is 21.3. The van der Waals surface area contributed by atoms with Crippen molar-refractivity contribution < 1.29 is 4.74 Å². The van der Waals surface area contributed by atoms with Crippen molar-refractivity contribution in [2.75, 3.05) is 11.9 Å². The highest BCUT2D eigenvalue weighted by molar-refractivity contribution is 5.53. The van der Waals surface area contributed by atoms with Gasteiger partial charge in [-0.05, 0) is 24.8 Å². The Morgan fingerprint density at radius 1 is 1.18 bits per heavy atom. The van der Waals surface area contributed by atoms with E-state index in [1.807, 2.05) is 37.3 Å². The molecule has 0 aliphatic rings. The van der Waals surface area contributed by atoms with Crippen LogP contribution in [0.25, 0.3) is 0 Å². The molecule has 0 aliphatic carbocycles. The Labute approximate surface area is 165 Å². The highest BCUT2D eigenvalue weighted by atomic mass is 16.5. The van der Waals surface area contributed by atoms with Gasteiger partial charge in [-0.1, -0.05) is 39.0 Å². The molecular weight excluding hydrogens is 356 g/mol. The summed E-state index contributed by atoms with van der Waals surface area (Å²) in [5, 5.41) is 12.8. The van der Waals surface area contributed by atoms with Crippen LogP contribution < -0.4 is 21.3 Å². The van der Waals surface area contributed by atoms with E-state index in [9.17, 15) is 14.9 Å². The molecule has 1 atom stereocenters. The number of hydrogen-bond donors (Lipinski definition) is 1. The van der Waals surface area contributed by atoms with Crippen LogP contribution in [0, 0.1) is 17.2 Å². The monoisotopic (exact) mass is 384 g/mol. The van der Waals surface area contributed by atoms with E-state index in [2.05, 4.69) is 19.2 Å². The number of para-hydroxylation sites is 1. The van der Waals surface area contributed by atoms with E-state index in [-0.39, 0.29) is 17.4 Å². The minimum atomic E-state index is -0.605. The van der Waals surface area contributed by atoms with E-state index >= 15 is 0 Å². The molecule has 1 aromatic heterocycles. The molecule has 2 aromatic rings. The number of hydrogen-bond acceptors (Lipinski definition) is 5. The molecule has 0 aliphatic heterocycles. The molecule has 0 bridgehead atoms. The zero-order valence-electron chi connectivity index (χ0n) is 17.2. The van der Waals surface area contributed by atoms with Gasteiger partial charge in [-0.25, -0.2) is 4.79 Å². The van der Waals surface area contributed by atoms with Gasteiger partial charge < -0.3 is 10.1 Å². The standard InChI is InChI=1S/C21H28N4O3/c1-6-11-28-18-10-8-7-9-15(18)17(12-14(2)3)23-19-16(13-22)20(26)25(5)21(27)24(19)4/h7-10,14,17,23H,6,11-12H2,1-5H3/t17-/m1/s1. The maximum atomic E-state index is 12.4. The predicted molar refractivity (Wildman–Crippen MR) is 110 cm³/mol. The number of aromatic nitrogens is 2. The van der Waals surface area contributed by atoms with Crippen LogP contribution in [0.1, 0.15) is 50.8 Å². The third-order valence-corrected chi connectivity index (χ3v) is 4.55. The fraction of sp³-hybridized carbons (Fsp3) is 0.476. The second kappa shape index (κ2) is 9.27. The zero-order chi connectivity index (χ0) is 20.8. The van der Waals surface area contributed by atoms with Crippen LogP contribution in [-0.2, 0) is 14.1 Å². The van der Waals surface area contributed by atoms with Crippen LogP contribution in [0.5, 0.6) is 5.75 Å². The molecule has 0 amide bonds. The van der Waals surface area contributed by atoms with Gasteiger partial charge in [0.05, 0.1) is 12.6 Å². The van der Waals surface area contributed by atoms with Gasteiger partial charge in [0.2, 0.25) is 0 Å². The molecule has 0 saturated carbocycles. The second-order valence-corrected chi connectivity index (χ2v) is 7.25. The molecule has 1 aromatic carbocycles. The third kappa shape index (κ3) is 4.45. The molecule has 0 spiro atoms. The van der Waals surface area contributed by atoms with Gasteiger partial charge in [-0.3, -0.25) is 13.9 Å². The lowest BCUT2D eigenvalue weighted by Crippen LogP contribution is -2.40. The van der Waals surface area contributed by atoms with Crippen molar-refractivity contribution in [1.29, 1.82) is 5.26 Å². The molecule has 150 valence electrons. The van der Waals surface area contributed by atoms with Gasteiger partial charge in [-0.2, -0.15) is 5.26 Å². The van der Waals surface area contributed by atoms with E-state index in [0.717, 1.165) is 28.7 Å². The van der Waals surface area contributed by atoms with Gasteiger partial charge in [0.1, 0.15) is 17.6 Å². The lowest BCUT2D eigenvalue weighted by molar-refractivity contribution is 0.311. The van der Waals surface area contributed by atoms with Crippen molar-refractivity contribution in [3.8, 4) is 11.8 Å². The SMILES string of the molecule is CCCOc1ccccc1[C@@H](CC(C)C)Nc1c(C#N)c(=O)n(C)c(=O)n1C. The predicted octanol–water partition coefficient (Wildman–Crippen LogP) is 2.94. The largest absolute Gasteiger partial charge is 0.493 e. The van der Waals surface area contributed by atoms with Crippen molar-refractivity contribution in [3.63, 3.8) is 0 Å². The molecule has 1 heterocycles. The summed E-state index contributed by atoms with van der Waals surface area (Å²) in [7, 11) is 2.92. The number of anilines is 1. The number of nitriles is 1. The van der Waals surface area contributed by atoms with Crippen molar-refractivity contribution in [2.45, 2.75) is 39.7 Å². The van der Waals surface area contributed by atoms with E-state index in [1.165, 1.54) is 11.6 Å². The molecular formula is C21H28N4O3. The van der Waals surface area contributed by atoms with E-state index in [4.69, 9.17) is 4.74 Å². The van der Waals surface area contributed by atoms with Gasteiger partial charge in [0.25, 0.3) is 5.56 Å². The number of benzene rings is 1. The van der Waals surface area contributed by atoms with Crippen LogP contribution >= 0.6 is 0 Å². The zero-order valence-corrected chi connectivity index (χ0v) is 17.2. The highest BCUT2D eigenvalue weighted by Crippen LogP contribution is 2.32. The fourth-order valence-corrected chi connectivity index (χ4v) is 3.13. The van der Waals surface area contributed by atoms with Crippen LogP contribution in [0.3, 0.4) is 0 Å². The summed E-state index contributed by atoms with van der Waals surface area (Å²) >= 11 is 0. The molecule has 7 nitrogen and oxygen atoms in total. The minimum Gasteiger partial charge on any atom is -0.493 e. The fourth-order valence-electron chi connectivity index (χ4n) is 3.13. The van der Waals surface area contributed by atoms with Crippen LogP contribution in [0.2, 0.25) is 0 Å². The summed E-state index contributed by atoms with van der Waals surface area (Å²) in [5.74, 6) is 1.33. The Morgan fingerprint density at radius 2 is 1.86 bits per heavy atom. The van der Waals surface area contributed by atoms with Crippen molar-refractivity contribution >= 4 is 5.82 Å². The van der Waals surface area contributed by atoms with Gasteiger partial charge >= 0.3 is 5.69 Å². The van der Waals surface area contributed by atoms with E-state index in [0.29, 0.717) is 12.5 Å². The van der Waals surface area contributed by atoms with Crippen LogP contribution in [0.4, 0.5) is 5.82 Å². The van der Waals surface area contributed by atoms with Crippen molar-refractivity contribution in [3.05, 3.63) is 56.2 Å². The Morgan fingerprint density at radius 3 is 2.46 bits per heavy atom. The molecule has 2 rings (SSSR count). The molecule has 0 fully saturated rings. The Kier molecular flexibility index (Phi) is 7.05. The Hall–Kier alpha value is -3.01. The first-order valence-electron chi connectivity index (χ1n) is 9.50. The summed E-state index contributed by atoms with van der Waals surface area (Å²) < 4.78 is 8.15.